The Kier molecular flexibility index (Phi) is 8.01. The number of halogens is 2. The lowest BCUT2D eigenvalue weighted by atomic mass is 10.0. The summed E-state index contributed by atoms with van der Waals surface area (Å²) in [4.78, 5) is 20.1. The van der Waals surface area contributed by atoms with E-state index in [4.69, 9.17) is 28.9 Å². The number of aryl methyl sites for hydroxylation is 2. The van der Waals surface area contributed by atoms with E-state index in [0.717, 1.165) is 45.5 Å². The van der Waals surface area contributed by atoms with Gasteiger partial charge < -0.3 is 25.6 Å². The topological polar surface area (TPSA) is 117 Å². The van der Waals surface area contributed by atoms with Crippen LogP contribution >= 0.6 is 23.2 Å². The van der Waals surface area contributed by atoms with Crippen molar-refractivity contribution in [3.63, 3.8) is 0 Å². The van der Waals surface area contributed by atoms with Gasteiger partial charge in [-0.1, -0.05) is 65.7 Å². The third kappa shape index (κ3) is 6.32. The second kappa shape index (κ2) is 11.9. The molecule has 1 amide bonds. The minimum Gasteiger partial charge on any atom is -0.361 e. The van der Waals surface area contributed by atoms with E-state index in [2.05, 4.69) is 54.3 Å². The van der Waals surface area contributed by atoms with Crippen LogP contribution < -0.4 is 11.1 Å². The number of nitrogens with one attached hydrogen (secondary N) is 3. The molecule has 0 saturated heterocycles. The Morgan fingerprint density at radius 3 is 2.51 bits per heavy atom. The van der Waals surface area contributed by atoms with Gasteiger partial charge in [-0.15, -0.1) is 10.2 Å². The van der Waals surface area contributed by atoms with Crippen LogP contribution in [0.25, 0.3) is 21.8 Å². The van der Waals surface area contributed by atoms with E-state index in [1.165, 1.54) is 5.39 Å². The minimum atomic E-state index is -1.08. The molecule has 5 N–H and O–H groups in total. The highest BCUT2D eigenvalue weighted by atomic mass is 35.5. The van der Waals surface area contributed by atoms with Crippen molar-refractivity contribution in [3.8, 4) is 0 Å². The fourth-order valence-electron chi connectivity index (χ4n) is 5.37. The fraction of sp³-hybridized carbons (Fsp3) is 0.242. The minimum absolute atomic E-state index is 0.277. The highest BCUT2D eigenvalue weighted by molar-refractivity contribution is 6.42. The lowest BCUT2D eigenvalue weighted by Crippen LogP contribution is -2.50. The van der Waals surface area contributed by atoms with Crippen molar-refractivity contribution in [2.45, 2.75) is 51.2 Å². The van der Waals surface area contributed by atoms with Gasteiger partial charge in [-0.25, -0.2) is 0 Å². The highest BCUT2D eigenvalue weighted by Crippen LogP contribution is 2.28. The van der Waals surface area contributed by atoms with Crippen molar-refractivity contribution in [3.05, 3.63) is 118 Å². The molecule has 0 aliphatic heterocycles. The number of hydrogen-bond donors (Lipinski definition) is 4. The molecule has 43 heavy (non-hydrogen) atoms. The standard InChI is InChI=1S/C33H33Cl2N7O/c1-33(2,36)32(43)39-29(17-22-18-37-28-10-6-4-8-24(22)28)31-41-40-30(42(31)19-20-11-13-25(34)26(35)15-20)14-12-23-16-21-7-3-5-9-27(21)38-23/h3-11,13,15-16,18,29,37-38H,12,14,17,19,36H2,1-2H3,(H,39,43)/t29-/m1/s1. The number of H-pyrrole nitrogens is 2. The van der Waals surface area contributed by atoms with E-state index in [0.29, 0.717) is 35.3 Å². The van der Waals surface area contributed by atoms with Gasteiger partial charge in [-0.2, -0.15) is 0 Å². The Morgan fingerprint density at radius 1 is 0.977 bits per heavy atom. The molecule has 6 aromatic rings. The van der Waals surface area contributed by atoms with Gasteiger partial charge in [0.15, 0.2) is 5.82 Å². The summed E-state index contributed by atoms with van der Waals surface area (Å²) in [7, 11) is 0. The maximum Gasteiger partial charge on any atom is 0.240 e. The number of hydrogen-bond acceptors (Lipinski definition) is 4. The molecule has 6 rings (SSSR count). The number of rotatable bonds is 10. The van der Waals surface area contributed by atoms with Crippen LogP contribution in [0, 0.1) is 0 Å². The number of aromatic nitrogens is 5. The molecule has 0 spiro atoms. The third-order valence-electron chi connectivity index (χ3n) is 7.69. The summed E-state index contributed by atoms with van der Waals surface area (Å²) in [5, 5.41) is 15.7. The van der Waals surface area contributed by atoms with Crippen molar-refractivity contribution < 1.29 is 4.79 Å². The zero-order valence-corrected chi connectivity index (χ0v) is 25.5. The zero-order chi connectivity index (χ0) is 30.1. The number of nitrogens with zero attached hydrogens (tertiary/aromatic N) is 3. The first kappa shape index (κ1) is 29.0. The summed E-state index contributed by atoms with van der Waals surface area (Å²) < 4.78 is 2.07. The van der Waals surface area contributed by atoms with Gasteiger partial charge in [0.1, 0.15) is 5.82 Å². The van der Waals surface area contributed by atoms with Crippen LogP contribution in [0.15, 0.2) is 79.0 Å². The molecule has 0 radical (unpaired) electrons. The lowest BCUT2D eigenvalue weighted by Gasteiger charge is -2.25. The molecule has 1 atom stereocenters. The smallest absolute Gasteiger partial charge is 0.240 e. The number of fused-ring (bicyclic) bond motifs is 2. The van der Waals surface area contributed by atoms with Crippen molar-refractivity contribution in [2.24, 2.45) is 5.73 Å². The van der Waals surface area contributed by atoms with E-state index >= 15 is 0 Å². The van der Waals surface area contributed by atoms with Crippen molar-refractivity contribution in [1.29, 1.82) is 0 Å². The van der Waals surface area contributed by atoms with Crippen LogP contribution in [-0.4, -0.2) is 36.2 Å². The number of nitrogens with two attached hydrogens (primary N) is 1. The summed E-state index contributed by atoms with van der Waals surface area (Å²) in [6.45, 7) is 3.84. The van der Waals surface area contributed by atoms with Crippen LogP contribution in [0.1, 0.15) is 48.4 Å². The number of para-hydroxylation sites is 2. The van der Waals surface area contributed by atoms with Crippen molar-refractivity contribution >= 4 is 50.9 Å². The first-order chi connectivity index (χ1) is 20.7. The Hall–Kier alpha value is -4.11. The summed E-state index contributed by atoms with van der Waals surface area (Å²) in [5.41, 5.74) is 10.4. The highest BCUT2D eigenvalue weighted by Gasteiger charge is 2.29. The van der Waals surface area contributed by atoms with Gasteiger partial charge in [0.2, 0.25) is 5.91 Å². The van der Waals surface area contributed by atoms with Crippen LogP contribution in [0.4, 0.5) is 0 Å². The molecule has 3 aromatic heterocycles. The Labute approximate surface area is 259 Å². The first-order valence-electron chi connectivity index (χ1n) is 14.2. The van der Waals surface area contributed by atoms with E-state index in [1.54, 1.807) is 19.9 Å². The van der Waals surface area contributed by atoms with E-state index < -0.39 is 11.6 Å². The van der Waals surface area contributed by atoms with Gasteiger partial charge in [0, 0.05) is 41.2 Å². The SMILES string of the molecule is CC(C)(N)C(=O)N[C@H](Cc1c[nH]c2ccccc12)c1nnc(CCc2cc3ccccc3[nH]2)n1Cc1ccc(Cl)c(Cl)c1. The van der Waals surface area contributed by atoms with Crippen LogP contribution in [0.2, 0.25) is 10.0 Å². The molecule has 0 unspecified atom stereocenters. The average Bonchev–Trinajstić information content (AvgIpc) is 3.70. The second-order valence-corrected chi connectivity index (χ2v) is 12.3. The van der Waals surface area contributed by atoms with Crippen molar-refractivity contribution in [1.82, 2.24) is 30.0 Å². The number of aromatic amines is 2. The summed E-state index contributed by atoms with van der Waals surface area (Å²) in [6, 6.07) is 23.6. The van der Waals surface area contributed by atoms with Gasteiger partial charge >= 0.3 is 0 Å². The van der Waals surface area contributed by atoms with Gasteiger partial charge in [0.05, 0.1) is 28.2 Å². The summed E-state index contributed by atoms with van der Waals surface area (Å²) in [6.07, 6.45) is 3.85. The molecule has 0 aliphatic rings. The molecule has 220 valence electrons. The summed E-state index contributed by atoms with van der Waals surface area (Å²) in [5.74, 6) is 1.16. The fourth-order valence-corrected chi connectivity index (χ4v) is 5.69. The number of amides is 1. The predicted octanol–water partition coefficient (Wildman–Crippen LogP) is 6.52. The van der Waals surface area contributed by atoms with E-state index in [9.17, 15) is 4.79 Å². The molecular formula is C33H33Cl2N7O. The first-order valence-corrected chi connectivity index (χ1v) is 15.0. The van der Waals surface area contributed by atoms with Gasteiger partial charge in [-0.3, -0.25) is 4.79 Å². The van der Waals surface area contributed by atoms with Crippen LogP contribution in [0.3, 0.4) is 0 Å². The monoisotopic (exact) mass is 613 g/mol. The lowest BCUT2D eigenvalue weighted by molar-refractivity contribution is -0.126. The molecule has 3 aromatic carbocycles. The Balaban J connectivity index is 1.39. The van der Waals surface area contributed by atoms with Gasteiger partial charge in [-0.05, 0) is 67.1 Å². The number of benzene rings is 3. The summed E-state index contributed by atoms with van der Waals surface area (Å²) >= 11 is 12.6. The average molecular weight is 615 g/mol. The Bertz CT molecular complexity index is 1880. The molecule has 0 fully saturated rings. The maximum absolute atomic E-state index is 13.3. The predicted molar refractivity (Wildman–Crippen MR) is 172 cm³/mol. The maximum atomic E-state index is 13.3. The van der Waals surface area contributed by atoms with Crippen LogP contribution in [-0.2, 0) is 30.6 Å². The molecule has 0 bridgehead atoms. The number of carbonyl (C=O) groups is 1. The second-order valence-electron chi connectivity index (χ2n) is 11.5. The number of carbonyl (C=O) groups excluding carboxylic acids is 1. The largest absolute Gasteiger partial charge is 0.361 e. The van der Waals surface area contributed by atoms with Gasteiger partial charge in [0.25, 0.3) is 0 Å². The van der Waals surface area contributed by atoms with Crippen molar-refractivity contribution in [2.75, 3.05) is 0 Å². The molecule has 10 heteroatoms. The quantitative estimate of drug-likeness (QED) is 0.141. The molecule has 8 nitrogen and oxygen atoms in total. The normalized spacial score (nSPS) is 12.7. The molecule has 3 heterocycles. The van der Waals surface area contributed by atoms with E-state index in [1.807, 2.05) is 48.7 Å². The van der Waals surface area contributed by atoms with Crippen LogP contribution in [0.5, 0.6) is 0 Å². The van der Waals surface area contributed by atoms with E-state index in [-0.39, 0.29) is 5.91 Å². The Morgan fingerprint density at radius 2 is 1.74 bits per heavy atom. The third-order valence-corrected chi connectivity index (χ3v) is 8.42. The molecular weight excluding hydrogens is 581 g/mol. The zero-order valence-electron chi connectivity index (χ0n) is 24.0. The molecule has 0 saturated carbocycles. The molecule has 0 aliphatic carbocycles.